The quantitative estimate of drug-likeness (QED) is 0.937. The van der Waals surface area contributed by atoms with E-state index < -0.39 is 0 Å². The molecule has 5 heteroatoms. The normalized spacial score (nSPS) is 14.6. The molecule has 2 aliphatic heterocycles. The number of amides is 1. The van der Waals surface area contributed by atoms with Crippen LogP contribution in [0.4, 0.5) is 0 Å². The summed E-state index contributed by atoms with van der Waals surface area (Å²) >= 11 is 0. The van der Waals surface area contributed by atoms with Crippen molar-refractivity contribution in [1.29, 1.82) is 0 Å². The van der Waals surface area contributed by atoms with E-state index in [1.54, 1.807) is 24.5 Å². The molecule has 1 aromatic heterocycles. The zero-order chi connectivity index (χ0) is 15.6. The molecule has 0 radical (unpaired) electrons. The summed E-state index contributed by atoms with van der Waals surface area (Å²) in [7, 11) is 0. The Hall–Kier alpha value is -2.56. The van der Waals surface area contributed by atoms with Gasteiger partial charge in [0.2, 0.25) is 0 Å². The summed E-state index contributed by atoms with van der Waals surface area (Å²) in [5.41, 5.74) is 4.23. The van der Waals surface area contributed by atoms with Crippen LogP contribution in [0.2, 0.25) is 0 Å². The number of rotatable bonds is 4. The Kier molecular flexibility index (Phi) is 3.61. The number of carbonyl (C=O) groups is 1. The van der Waals surface area contributed by atoms with Gasteiger partial charge in [-0.25, -0.2) is 0 Å². The SMILES string of the molecule is O=C(NCCc1c2c(cc3c1OCC3)OCC2)c1cccnc1. The first-order valence-corrected chi connectivity index (χ1v) is 7.94. The maximum absolute atomic E-state index is 12.1. The van der Waals surface area contributed by atoms with Crippen LogP contribution in [0.1, 0.15) is 27.0 Å². The van der Waals surface area contributed by atoms with Crippen molar-refractivity contribution in [1.82, 2.24) is 10.3 Å². The Morgan fingerprint density at radius 2 is 2.17 bits per heavy atom. The molecule has 5 nitrogen and oxygen atoms in total. The van der Waals surface area contributed by atoms with E-state index in [1.165, 1.54) is 16.7 Å². The summed E-state index contributed by atoms with van der Waals surface area (Å²) in [5, 5.41) is 2.95. The molecule has 0 fully saturated rings. The molecule has 0 bridgehead atoms. The standard InChI is InChI=1S/C18H18N2O3/c21-18(13-2-1-6-19-11-13)20-7-3-15-14-5-9-22-16(14)10-12-4-8-23-17(12)15/h1-2,6,10-11H,3-5,7-9H2,(H,20,21). The molecule has 1 N–H and O–H groups in total. The molecular formula is C18H18N2O3. The minimum Gasteiger partial charge on any atom is -0.493 e. The number of nitrogens with one attached hydrogen (secondary N) is 1. The molecule has 2 aliphatic rings. The largest absolute Gasteiger partial charge is 0.493 e. The molecule has 0 saturated heterocycles. The van der Waals surface area contributed by atoms with Gasteiger partial charge >= 0.3 is 0 Å². The number of pyridine rings is 1. The summed E-state index contributed by atoms with van der Waals surface area (Å²) in [6.07, 6.45) is 5.83. The first kappa shape index (κ1) is 14.1. The predicted octanol–water partition coefficient (Wildman–Crippen LogP) is 1.92. The van der Waals surface area contributed by atoms with Gasteiger partial charge in [-0.15, -0.1) is 0 Å². The number of benzene rings is 1. The van der Waals surface area contributed by atoms with Crippen LogP contribution in [0, 0.1) is 0 Å². The summed E-state index contributed by atoms with van der Waals surface area (Å²) in [6, 6.07) is 5.64. The molecular weight excluding hydrogens is 292 g/mol. The summed E-state index contributed by atoms with van der Waals surface area (Å²) in [6.45, 7) is 2.03. The zero-order valence-corrected chi connectivity index (χ0v) is 12.8. The van der Waals surface area contributed by atoms with Crippen molar-refractivity contribution in [3.63, 3.8) is 0 Å². The predicted molar refractivity (Wildman–Crippen MR) is 85.1 cm³/mol. The molecule has 4 rings (SSSR count). The highest BCUT2D eigenvalue weighted by atomic mass is 16.5. The second-order valence-electron chi connectivity index (χ2n) is 5.76. The van der Waals surface area contributed by atoms with Crippen LogP contribution in [-0.4, -0.2) is 30.6 Å². The molecule has 0 spiro atoms. The molecule has 0 aliphatic carbocycles. The van der Waals surface area contributed by atoms with Gasteiger partial charge in [0.15, 0.2) is 0 Å². The van der Waals surface area contributed by atoms with E-state index in [-0.39, 0.29) is 5.91 Å². The number of hydrogen-bond donors (Lipinski definition) is 1. The first-order chi connectivity index (χ1) is 11.3. The van der Waals surface area contributed by atoms with E-state index >= 15 is 0 Å². The van der Waals surface area contributed by atoms with Gasteiger partial charge in [0.05, 0.1) is 18.8 Å². The van der Waals surface area contributed by atoms with Crippen LogP contribution < -0.4 is 14.8 Å². The van der Waals surface area contributed by atoms with Crippen LogP contribution in [0.15, 0.2) is 30.6 Å². The number of nitrogens with zero attached hydrogens (tertiary/aromatic N) is 1. The average Bonchev–Trinajstić information content (AvgIpc) is 3.23. The Labute approximate surface area is 134 Å². The third-order valence-corrected chi connectivity index (χ3v) is 4.34. The van der Waals surface area contributed by atoms with Crippen molar-refractivity contribution in [3.05, 3.63) is 52.8 Å². The number of aromatic nitrogens is 1. The third kappa shape index (κ3) is 2.63. The van der Waals surface area contributed by atoms with Crippen LogP contribution in [0.25, 0.3) is 0 Å². The minimum absolute atomic E-state index is 0.0977. The third-order valence-electron chi connectivity index (χ3n) is 4.34. The maximum Gasteiger partial charge on any atom is 0.252 e. The molecule has 2 aromatic rings. The topological polar surface area (TPSA) is 60.5 Å². The Morgan fingerprint density at radius 3 is 3.04 bits per heavy atom. The van der Waals surface area contributed by atoms with E-state index in [4.69, 9.17) is 9.47 Å². The van der Waals surface area contributed by atoms with Gasteiger partial charge < -0.3 is 14.8 Å². The van der Waals surface area contributed by atoms with E-state index in [2.05, 4.69) is 16.4 Å². The highest BCUT2D eigenvalue weighted by Crippen LogP contribution is 2.40. The highest BCUT2D eigenvalue weighted by molar-refractivity contribution is 5.93. The van der Waals surface area contributed by atoms with Crippen LogP contribution in [0.3, 0.4) is 0 Å². The Balaban J connectivity index is 1.49. The Bertz CT molecular complexity index is 711. The Morgan fingerprint density at radius 1 is 1.26 bits per heavy atom. The molecule has 118 valence electrons. The molecule has 3 heterocycles. The van der Waals surface area contributed by atoms with Gasteiger partial charge in [0, 0.05) is 48.5 Å². The van der Waals surface area contributed by atoms with E-state index in [0.29, 0.717) is 12.1 Å². The van der Waals surface area contributed by atoms with Gasteiger partial charge in [0.25, 0.3) is 5.91 Å². The monoisotopic (exact) mass is 310 g/mol. The van der Waals surface area contributed by atoms with E-state index in [0.717, 1.165) is 44.0 Å². The zero-order valence-electron chi connectivity index (χ0n) is 12.8. The number of carbonyl (C=O) groups excluding carboxylic acids is 1. The van der Waals surface area contributed by atoms with Crippen molar-refractivity contribution in [2.24, 2.45) is 0 Å². The lowest BCUT2D eigenvalue weighted by atomic mass is 9.97. The molecule has 0 atom stereocenters. The minimum atomic E-state index is -0.0977. The highest BCUT2D eigenvalue weighted by Gasteiger charge is 2.26. The summed E-state index contributed by atoms with van der Waals surface area (Å²) < 4.78 is 11.5. The summed E-state index contributed by atoms with van der Waals surface area (Å²) in [5.74, 6) is 1.90. The van der Waals surface area contributed by atoms with Crippen molar-refractivity contribution in [3.8, 4) is 11.5 Å². The lowest BCUT2D eigenvalue weighted by molar-refractivity contribution is 0.0953. The average molecular weight is 310 g/mol. The van der Waals surface area contributed by atoms with Crippen LogP contribution >= 0.6 is 0 Å². The molecule has 23 heavy (non-hydrogen) atoms. The van der Waals surface area contributed by atoms with Gasteiger partial charge in [-0.3, -0.25) is 9.78 Å². The maximum atomic E-state index is 12.1. The smallest absolute Gasteiger partial charge is 0.252 e. The lowest BCUT2D eigenvalue weighted by Gasteiger charge is -2.13. The molecule has 1 aromatic carbocycles. The fraction of sp³-hybridized carbons (Fsp3) is 0.333. The van der Waals surface area contributed by atoms with Gasteiger partial charge in [0.1, 0.15) is 11.5 Å². The van der Waals surface area contributed by atoms with Crippen LogP contribution in [-0.2, 0) is 19.3 Å². The van der Waals surface area contributed by atoms with Gasteiger partial charge in [-0.1, -0.05) is 0 Å². The summed E-state index contributed by atoms with van der Waals surface area (Å²) in [4.78, 5) is 16.1. The molecule has 0 unspecified atom stereocenters. The number of fused-ring (bicyclic) bond motifs is 2. The second-order valence-corrected chi connectivity index (χ2v) is 5.76. The van der Waals surface area contributed by atoms with Crippen molar-refractivity contribution in [2.75, 3.05) is 19.8 Å². The van der Waals surface area contributed by atoms with E-state index in [1.807, 2.05) is 0 Å². The van der Waals surface area contributed by atoms with Gasteiger partial charge in [-0.05, 0) is 24.6 Å². The van der Waals surface area contributed by atoms with Crippen molar-refractivity contribution >= 4 is 5.91 Å². The second kappa shape index (κ2) is 5.91. The fourth-order valence-corrected chi connectivity index (χ4v) is 3.25. The van der Waals surface area contributed by atoms with Crippen LogP contribution in [0.5, 0.6) is 11.5 Å². The molecule has 0 saturated carbocycles. The first-order valence-electron chi connectivity index (χ1n) is 7.94. The molecule has 1 amide bonds. The number of hydrogen-bond acceptors (Lipinski definition) is 4. The fourth-order valence-electron chi connectivity index (χ4n) is 3.25. The van der Waals surface area contributed by atoms with Crippen molar-refractivity contribution < 1.29 is 14.3 Å². The van der Waals surface area contributed by atoms with E-state index in [9.17, 15) is 4.79 Å². The lowest BCUT2D eigenvalue weighted by Crippen LogP contribution is -2.26. The van der Waals surface area contributed by atoms with Crippen molar-refractivity contribution in [2.45, 2.75) is 19.3 Å². The van der Waals surface area contributed by atoms with Gasteiger partial charge in [-0.2, -0.15) is 0 Å². The number of ether oxygens (including phenoxy) is 2.